The van der Waals surface area contributed by atoms with Gasteiger partial charge in [0.2, 0.25) is 5.91 Å². The fourth-order valence-corrected chi connectivity index (χ4v) is 3.30. The number of ether oxygens (including phenoxy) is 1. The first-order valence-corrected chi connectivity index (χ1v) is 8.05. The fraction of sp³-hybridized carbons (Fsp3) is 0.688. The van der Waals surface area contributed by atoms with Gasteiger partial charge < -0.3 is 9.64 Å². The van der Waals surface area contributed by atoms with Gasteiger partial charge in [-0.25, -0.2) is 9.97 Å². The molecule has 5 heteroatoms. The van der Waals surface area contributed by atoms with Gasteiger partial charge in [-0.2, -0.15) is 0 Å². The van der Waals surface area contributed by atoms with Gasteiger partial charge in [-0.05, 0) is 18.9 Å². The molecule has 0 spiro atoms. The summed E-state index contributed by atoms with van der Waals surface area (Å²) < 4.78 is 5.77. The van der Waals surface area contributed by atoms with Gasteiger partial charge in [0, 0.05) is 44.2 Å². The molecule has 2 heterocycles. The van der Waals surface area contributed by atoms with Crippen molar-refractivity contribution in [2.24, 2.45) is 5.92 Å². The molecular weight excluding hydrogens is 266 g/mol. The SMILES string of the molecule is O=C(C1CCCCC1)N1CCC(Oc2ncccn2)CC1. The molecule has 5 nitrogen and oxygen atoms in total. The zero-order valence-electron chi connectivity index (χ0n) is 12.4. The molecule has 0 radical (unpaired) electrons. The summed E-state index contributed by atoms with van der Waals surface area (Å²) >= 11 is 0. The van der Waals surface area contributed by atoms with Crippen LogP contribution in [0.15, 0.2) is 18.5 Å². The summed E-state index contributed by atoms with van der Waals surface area (Å²) in [6, 6.07) is 2.22. The molecule has 0 unspecified atom stereocenters. The number of amides is 1. The van der Waals surface area contributed by atoms with Crippen LogP contribution in [0.4, 0.5) is 0 Å². The Hall–Kier alpha value is -1.65. The van der Waals surface area contributed by atoms with Crippen LogP contribution >= 0.6 is 0 Å². The lowest BCUT2D eigenvalue weighted by Gasteiger charge is -2.34. The molecule has 1 aliphatic carbocycles. The van der Waals surface area contributed by atoms with Crippen LogP contribution in [0.2, 0.25) is 0 Å². The first-order chi connectivity index (χ1) is 10.3. The summed E-state index contributed by atoms with van der Waals surface area (Å²) in [5, 5.41) is 0. The fourth-order valence-electron chi connectivity index (χ4n) is 3.30. The monoisotopic (exact) mass is 289 g/mol. The molecule has 0 N–H and O–H groups in total. The van der Waals surface area contributed by atoms with Crippen molar-refractivity contribution in [1.82, 2.24) is 14.9 Å². The molecule has 1 aromatic rings. The van der Waals surface area contributed by atoms with Crippen molar-refractivity contribution in [3.8, 4) is 6.01 Å². The maximum atomic E-state index is 12.5. The van der Waals surface area contributed by atoms with Crippen LogP contribution in [0.5, 0.6) is 6.01 Å². The van der Waals surface area contributed by atoms with Crippen molar-refractivity contribution in [3.63, 3.8) is 0 Å². The van der Waals surface area contributed by atoms with E-state index >= 15 is 0 Å². The zero-order chi connectivity index (χ0) is 14.5. The largest absolute Gasteiger partial charge is 0.460 e. The molecule has 1 aromatic heterocycles. The van der Waals surface area contributed by atoms with Gasteiger partial charge in [-0.3, -0.25) is 4.79 Å². The molecule has 2 aliphatic rings. The first kappa shape index (κ1) is 14.3. The predicted molar refractivity (Wildman–Crippen MR) is 78.8 cm³/mol. The highest BCUT2D eigenvalue weighted by molar-refractivity contribution is 5.79. The molecule has 2 fully saturated rings. The lowest BCUT2D eigenvalue weighted by molar-refractivity contribution is -0.138. The van der Waals surface area contributed by atoms with E-state index in [1.54, 1.807) is 18.5 Å². The van der Waals surface area contributed by atoms with E-state index in [-0.39, 0.29) is 12.0 Å². The van der Waals surface area contributed by atoms with Crippen LogP contribution in [-0.2, 0) is 4.79 Å². The maximum Gasteiger partial charge on any atom is 0.316 e. The summed E-state index contributed by atoms with van der Waals surface area (Å²) in [5.74, 6) is 0.637. The molecular formula is C16H23N3O2. The average molecular weight is 289 g/mol. The standard InChI is InChI=1S/C16H23N3O2/c20-15(13-5-2-1-3-6-13)19-11-7-14(8-12-19)21-16-17-9-4-10-18-16/h4,9-10,13-14H,1-3,5-8,11-12H2. The molecule has 1 aliphatic heterocycles. The van der Waals surface area contributed by atoms with Crippen molar-refractivity contribution >= 4 is 5.91 Å². The third-order valence-electron chi connectivity index (χ3n) is 4.52. The number of likely N-dealkylation sites (tertiary alicyclic amines) is 1. The Morgan fingerprint density at radius 3 is 2.38 bits per heavy atom. The van der Waals surface area contributed by atoms with E-state index in [0.29, 0.717) is 11.9 Å². The van der Waals surface area contributed by atoms with Gasteiger partial charge in [-0.1, -0.05) is 19.3 Å². The smallest absolute Gasteiger partial charge is 0.316 e. The van der Waals surface area contributed by atoms with Crippen LogP contribution < -0.4 is 4.74 Å². The predicted octanol–water partition coefficient (Wildman–Crippen LogP) is 2.43. The topological polar surface area (TPSA) is 55.3 Å². The Labute approximate surface area is 125 Å². The van der Waals surface area contributed by atoms with E-state index in [2.05, 4.69) is 9.97 Å². The van der Waals surface area contributed by atoms with E-state index < -0.39 is 0 Å². The van der Waals surface area contributed by atoms with Crippen LogP contribution in [0.25, 0.3) is 0 Å². The third kappa shape index (κ3) is 3.71. The van der Waals surface area contributed by atoms with Gasteiger partial charge in [0.15, 0.2) is 0 Å². The number of piperidine rings is 1. The minimum Gasteiger partial charge on any atom is -0.460 e. The Morgan fingerprint density at radius 2 is 1.71 bits per heavy atom. The molecule has 0 atom stereocenters. The maximum absolute atomic E-state index is 12.5. The minimum absolute atomic E-state index is 0.128. The first-order valence-electron chi connectivity index (χ1n) is 8.05. The molecule has 0 bridgehead atoms. The normalized spacial score (nSPS) is 21.2. The van der Waals surface area contributed by atoms with E-state index in [0.717, 1.165) is 38.8 Å². The van der Waals surface area contributed by atoms with Gasteiger partial charge >= 0.3 is 6.01 Å². The van der Waals surface area contributed by atoms with Crippen LogP contribution in [0, 0.1) is 5.92 Å². The van der Waals surface area contributed by atoms with Gasteiger partial charge in [0.25, 0.3) is 0 Å². The summed E-state index contributed by atoms with van der Waals surface area (Å²) in [6.07, 6.45) is 11.1. The molecule has 1 saturated carbocycles. The van der Waals surface area contributed by atoms with Gasteiger partial charge in [0.1, 0.15) is 6.10 Å². The summed E-state index contributed by atoms with van der Waals surface area (Å²) in [5.41, 5.74) is 0. The van der Waals surface area contributed by atoms with Crippen LogP contribution in [-0.4, -0.2) is 40.0 Å². The lowest BCUT2D eigenvalue weighted by atomic mass is 9.88. The highest BCUT2D eigenvalue weighted by Crippen LogP contribution is 2.27. The Morgan fingerprint density at radius 1 is 1.05 bits per heavy atom. The summed E-state index contributed by atoms with van der Waals surface area (Å²) in [4.78, 5) is 22.7. The average Bonchev–Trinajstić information content (AvgIpc) is 2.57. The molecule has 1 amide bonds. The Bertz CT molecular complexity index is 452. The molecule has 0 aromatic carbocycles. The second-order valence-corrected chi connectivity index (χ2v) is 6.01. The molecule has 114 valence electrons. The summed E-state index contributed by atoms with van der Waals surface area (Å²) in [6.45, 7) is 1.60. The highest BCUT2D eigenvalue weighted by atomic mass is 16.5. The lowest BCUT2D eigenvalue weighted by Crippen LogP contribution is -2.44. The third-order valence-corrected chi connectivity index (χ3v) is 4.52. The molecule has 1 saturated heterocycles. The van der Waals surface area contributed by atoms with Gasteiger partial charge in [-0.15, -0.1) is 0 Å². The summed E-state index contributed by atoms with van der Waals surface area (Å²) in [7, 11) is 0. The van der Waals surface area contributed by atoms with E-state index in [1.165, 1.54) is 19.3 Å². The number of aromatic nitrogens is 2. The van der Waals surface area contributed by atoms with E-state index in [4.69, 9.17) is 4.74 Å². The number of rotatable bonds is 3. The number of hydrogen-bond donors (Lipinski definition) is 0. The molecule has 21 heavy (non-hydrogen) atoms. The molecule has 3 rings (SSSR count). The van der Waals surface area contributed by atoms with Crippen molar-refractivity contribution in [3.05, 3.63) is 18.5 Å². The zero-order valence-corrected chi connectivity index (χ0v) is 12.4. The van der Waals surface area contributed by atoms with Crippen molar-refractivity contribution in [2.75, 3.05) is 13.1 Å². The van der Waals surface area contributed by atoms with Gasteiger partial charge in [0.05, 0.1) is 0 Å². The number of hydrogen-bond acceptors (Lipinski definition) is 4. The van der Waals surface area contributed by atoms with Crippen molar-refractivity contribution in [2.45, 2.75) is 51.0 Å². The minimum atomic E-state index is 0.128. The van der Waals surface area contributed by atoms with Crippen LogP contribution in [0.1, 0.15) is 44.9 Å². The quantitative estimate of drug-likeness (QED) is 0.857. The van der Waals surface area contributed by atoms with Crippen molar-refractivity contribution in [1.29, 1.82) is 0 Å². The Balaban J connectivity index is 1.47. The van der Waals surface area contributed by atoms with Crippen LogP contribution in [0.3, 0.4) is 0 Å². The number of nitrogens with zero attached hydrogens (tertiary/aromatic N) is 3. The number of carbonyl (C=O) groups is 1. The van der Waals surface area contributed by atoms with E-state index in [1.807, 2.05) is 4.90 Å². The van der Waals surface area contributed by atoms with E-state index in [9.17, 15) is 4.79 Å². The second-order valence-electron chi connectivity index (χ2n) is 6.01. The Kier molecular flexibility index (Phi) is 4.68. The van der Waals surface area contributed by atoms with Crippen molar-refractivity contribution < 1.29 is 9.53 Å². The second kappa shape index (κ2) is 6.87. The number of carbonyl (C=O) groups excluding carboxylic acids is 1. The highest BCUT2D eigenvalue weighted by Gasteiger charge is 2.29.